The Morgan fingerprint density at radius 1 is 1.17 bits per heavy atom. The van der Waals surface area contributed by atoms with Gasteiger partial charge in [0.15, 0.2) is 0 Å². The molecule has 0 aliphatic carbocycles. The van der Waals surface area contributed by atoms with E-state index < -0.39 is 0 Å². The maximum atomic E-state index is 12.6. The highest BCUT2D eigenvalue weighted by Gasteiger charge is 2.29. The van der Waals surface area contributed by atoms with Gasteiger partial charge in [0.2, 0.25) is 0 Å². The number of hydrogen-bond donors (Lipinski definition) is 1. The molecule has 2 fully saturated rings. The first-order valence-corrected chi connectivity index (χ1v) is 11.8. The van der Waals surface area contributed by atoms with Crippen LogP contribution in [0.1, 0.15) is 48.7 Å². The minimum Gasteiger partial charge on any atom is -0.461 e. The summed E-state index contributed by atoms with van der Waals surface area (Å²) >= 11 is 3.57. The third-order valence-electron chi connectivity index (χ3n) is 6.61. The summed E-state index contributed by atoms with van der Waals surface area (Å²) in [5.74, 6) is -0.268. The Bertz CT molecular complexity index is 868. The molecule has 0 radical (unpaired) electrons. The van der Waals surface area contributed by atoms with Gasteiger partial charge in [0.1, 0.15) is 5.69 Å². The first-order valence-electron chi connectivity index (χ1n) is 11.1. The van der Waals surface area contributed by atoms with Crippen LogP contribution in [0.25, 0.3) is 10.9 Å². The van der Waals surface area contributed by atoms with E-state index in [-0.39, 0.29) is 5.97 Å². The van der Waals surface area contributed by atoms with Crippen molar-refractivity contribution in [3.05, 3.63) is 33.9 Å². The summed E-state index contributed by atoms with van der Waals surface area (Å²) in [6.45, 7) is 7.39. The second-order valence-corrected chi connectivity index (χ2v) is 9.28. The van der Waals surface area contributed by atoms with Crippen molar-refractivity contribution >= 4 is 32.8 Å². The highest BCUT2D eigenvalue weighted by atomic mass is 79.9. The number of aromatic nitrogens is 1. The molecule has 0 amide bonds. The minimum atomic E-state index is -0.268. The van der Waals surface area contributed by atoms with Gasteiger partial charge in [0.05, 0.1) is 12.7 Å². The summed E-state index contributed by atoms with van der Waals surface area (Å²) in [7, 11) is 1.83. The molecule has 1 aromatic carbocycles. The lowest BCUT2D eigenvalue weighted by Crippen LogP contribution is -2.48. The van der Waals surface area contributed by atoms with Crippen molar-refractivity contribution in [1.29, 1.82) is 0 Å². The van der Waals surface area contributed by atoms with Crippen molar-refractivity contribution in [3.63, 3.8) is 0 Å². The quantitative estimate of drug-likeness (QED) is 0.632. The van der Waals surface area contributed by atoms with E-state index in [1.807, 2.05) is 26.2 Å². The molecular weight excluding hydrogens is 446 g/mol. The highest BCUT2D eigenvalue weighted by molar-refractivity contribution is 9.10. The van der Waals surface area contributed by atoms with E-state index in [1.165, 1.54) is 12.8 Å². The Balaban J connectivity index is 1.44. The topological polar surface area (TPSA) is 57.8 Å². The number of aromatic amines is 1. The minimum absolute atomic E-state index is 0.268. The zero-order chi connectivity index (χ0) is 21.1. The van der Waals surface area contributed by atoms with Gasteiger partial charge >= 0.3 is 5.97 Å². The summed E-state index contributed by atoms with van der Waals surface area (Å²) in [6, 6.07) is 6.77. The van der Waals surface area contributed by atoms with Crippen molar-refractivity contribution < 1.29 is 14.3 Å². The van der Waals surface area contributed by atoms with Gasteiger partial charge in [-0.3, -0.25) is 4.90 Å². The number of benzene rings is 1. The van der Waals surface area contributed by atoms with E-state index in [4.69, 9.17) is 9.47 Å². The summed E-state index contributed by atoms with van der Waals surface area (Å²) in [4.78, 5) is 21.0. The van der Waals surface area contributed by atoms with Gasteiger partial charge in [-0.2, -0.15) is 0 Å². The smallest absolute Gasteiger partial charge is 0.355 e. The highest BCUT2D eigenvalue weighted by Crippen LogP contribution is 2.29. The van der Waals surface area contributed by atoms with Crippen LogP contribution >= 0.6 is 15.9 Å². The van der Waals surface area contributed by atoms with Crippen LogP contribution in [-0.2, 0) is 16.0 Å². The number of ether oxygens (including phenoxy) is 2. The largest absolute Gasteiger partial charge is 0.461 e. The number of rotatable bonds is 6. The first kappa shape index (κ1) is 21.8. The molecule has 2 aliphatic heterocycles. The fourth-order valence-electron chi connectivity index (χ4n) is 4.90. The number of nitrogens with zero attached hydrogens (tertiary/aromatic N) is 2. The summed E-state index contributed by atoms with van der Waals surface area (Å²) in [6.07, 6.45) is 5.08. The molecule has 2 aliphatic rings. The van der Waals surface area contributed by atoms with Gasteiger partial charge in [-0.05, 0) is 63.9 Å². The molecule has 4 rings (SSSR count). The molecule has 0 atom stereocenters. The molecule has 1 aromatic heterocycles. The number of esters is 1. The third-order valence-corrected chi connectivity index (χ3v) is 7.11. The van der Waals surface area contributed by atoms with Gasteiger partial charge in [0, 0.05) is 53.7 Å². The van der Waals surface area contributed by atoms with Crippen molar-refractivity contribution in [2.45, 2.75) is 51.3 Å². The Morgan fingerprint density at radius 3 is 2.57 bits per heavy atom. The molecule has 30 heavy (non-hydrogen) atoms. The lowest BCUT2D eigenvalue weighted by molar-refractivity contribution is 0.0137. The third kappa shape index (κ3) is 4.74. The number of piperidine rings is 2. The van der Waals surface area contributed by atoms with Crippen LogP contribution in [0, 0.1) is 0 Å². The summed E-state index contributed by atoms with van der Waals surface area (Å²) in [5.41, 5.74) is 2.62. The second-order valence-electron chi connectivity index (χ2n) is 8.37. The molecule has 0 unspecified atom stereocenters. The summed E-state index contributed by atoms with van der Waals surface area (Å²) in [5, 5.41) is 1.09. The van der Waals surface area contributed by atoms with E-state index in [0.717, 1.165) is 66.5 Å². The van der Waals surface area contributed by atoms with Crippen molar-refractivity contribution in [3.8, 4) is 0 Å². The van der Waals surface area contributed by atoms with Gasteiger partial charge in [-0.1, -0.05) is 15.9 Å². The lowest BCUT2D eigenvalue weighted by Gasteiger charge is -2.41. The molecule has 0 spiro atoms. The molecule has 3 heterocycles. The number of nitrogens with one attached hydrogen (secondary N) is 1. The molecule has 2 aromatic rings. The number of halogens is 1. The van der Waals surface area contributed by atoms with E-state index in [0.29, 0.717) is 24.4 Å². The molecule has 7 heteroatoms. The summed E-state index contributed by atoms with van der Waals surface area (Å²) < 4.78 is 11.8. The standard InChI is InChI=1S/C23H32BrN3O3/c1-3-30-23(28)22-20(19-14-16(24)4-5-21(19)25-22)15-26-10-6-17(7-11-26)27-12-8-18(29-2)9-13-27/h4-5,14,17-18,25H,3,6-13,15H2,1-2H3. The zero-order valence-electron chi connectivity index (χ0n) is 18.0. The average Bonchev–Trinajstić information content (AvgIpc) is 3.12. The number of carbonyl (C=O) groups excluding carboxylic acids is 1. The maximum Gasteiger partial charge on any atom is 0.355 e. The average molecular weight is 478 g/mol. The van der Waals surface area contributed by atoms with Gasteiger partial charge in [-0.25, -0.2) is 4.79 Å². The second kappa shape index (κ2) is 9.81. The van der Waals surface area contributed by atoms with Crippen LogP contribution in [0.15, 0.2) is 22.7 Å². The van der Waals surface area contributed by atoms with Crippen molar-refractivity contribution in [2.75, 3.05) is 39.9 Å². The SMILES string of the molecule is CCOC(=O)c1[nH]c2ccc(Br)cc2c1CN1CCC(N2CCC(OC)CC2)CC1. The van der Waals surface area contributed by atoms with Crippen LogP contribution < -0.4 is 0 Å². The number of hydrogen-bond acceptors (Lipinski definition) is 5. The fraction of sp³-hybridized carbons (Fsp3) is 0.609. The number of methoxy groups -OCH3 is 1. The van der Waals surface area contributed by atoms with E-state index in [2.05, 4.69) is 36.8 Å². The zero-order valence-corrected chi connectivity index (χ0v) is 19.5. The van der Waals surface area contributed by atoms with E-state index >= 15 is 0 Å². The Hall–Kier alpha value is -1.41. The van der Waals surface area contributed by atoms with Gasteiger partial charge in [-0.15, -0.1) is 0 Å². The first-order chi connectivity index (χ1) is 14.6. The van der Waals surface area contributed by atoms with E-state index in [1.54, 1.807) is 0 Å². The molecule has 164 valence electrons. The molecular formula is C23H32BrN3O3. The monoisotopic (exact) mass is 477 g/mol. The molecule has 6 nitrogen and oxygen atoms in total. The van der Waals surface area contributed by atoms with Gasteiger partial charge < -0.3 is 19.4 Å². The fourth-order valence-corrected chi connectivity index (χ4v) is 5.27. The normalized spacial score (nSPS) is 20.1. The molecule has 0 bridgehead atoms. The predicted octanol–water partition coefficient (Wildman–Crippen LogP) is 4.18. The lowest BCUT2D eigenvalue weighted by atomic mass is 9.98. The van der Waals surface area contributed by atoms with E-state index in [9.17, 15) is 4.79 Å². The van der Waals surface area contributed by atoms with Crippen LogP contribution in [0.2, 0.25) is 0 Å². The number of carbonyl (C=O) groups is 1. The maximum absolute atomic E-state index is 12.6. The van der Waals surface area contributed by atoms with Crippen molar-refractivity contribution in [2.24, 2.45) is 0 Å². The van der Waals surface area contributed by atoms with Crippen LogP contribution in [0.3, 0.4) is 0 Å². The Morgan fingerprint density at radius 2 is 1.90 bits per heavy atom. The molecule has 1 N–H and O–H groups in total. The Labute approximate surface area is 187 Å². The molecule has 2 saturated heterocycles. The number of H-pyrrole nitrogens is 1. The van der Waals surface area contributed by atoms with Crippen LogP contribution in [0.4, 0.5) is 0 Å². The predicted molar refractivity (Wildman–Crippen MR) is 122 cm³/mol. The Kier molecular flexibility index (Phi) is 7.13. The number of likely N-dealkylation sites (tertiary alicyclic amines) is 2. The number of fused-ring (bicyclic) bond motifs is 1. The van der Waals surface area contributed by atoms with Gasteiger partial charge in [0.25, 0.3) is 0 Å². The van der Waals surface area contributed by atoms with Crippen LogP contribution in [-0.4, -0.2) is 72.8 Å². The molecule has 0 saturated carbocycles. The van der Waals surface area contributed by atoms with Crippen LogP contribution in [0.5, 0.6) is 0 Å². The van der Waals surface area contributed by atoms with Crippen molar-refractivity contribution in [1.82, 2.24) is 14.8 Å².